The first-order valence-electron chi connectivity index (χ1n) is 7.06. The fraction of sp³-hybridized carbons (Fsp3) is 0.562. The van der Waals surface area contributed by atoms with E-state index in [0.717, 1.165) is 30.8 Å². The van der Waals surface area contributed by atoms with E-state index in [1.807, 2.05) is 24.3 Å². The Bertz CT molecular complexity index is 454. The molecule has 2 unspecified atom stereocenters. The largest absolute Gasteiger partial charge is 0.497 e. The number of carboxylic acid groups (broad SMARTS) is 1. The summed E-state index contributed by atoms with van der Waals surface area (Å²) in [5.41, 5.74) is -0.591. The Kier molecular flexibility index (Phi) is 4.53. The van der Waals surface area contributed by atoms with Gasteiger partial charge < -0.3 is 14.6 Å². The lowest BCUT2D eigenvalue weighted by Gasteiger charge is -2.24. The smallest absolute Gasteiger partial charge is 0.309 e. The van der Waals surface area contributed by atoms with Crippen LogP contribution < -0.4 is 9.47 Å². The number of methoxy groups -OCH3 is 1. The quantitative estimate of drug-likeness (QED) is 0.867. The van der Waals surface area contributed by atoms with Crippen LogP contribution >= 0.6 is 0 Å². The van der Waals surface area contributed by atoms with Crippen molar-refractivity contribution in [3.63, 3.8) is 0 Å². The highest BCUT2D eigenvalue weighted by atomic mass is 16.5. The molecule has 4 nitrogen and oxygen atoms in total. The molecule has 0 radical (unpaired) electrons. The fourth-order valence-electron chi connectivity index (χ4n) is 2.96. The lowest BCUT2D eigenvalue weighted by Crippen LogP contribution is -2.30. The zero-order valence-electron chi connectivity index (χ0n) is 12.1. The summed E-state index contributed by atoms with van der Waals surface area (Å²) in [6.45, 7) is 2.56. The molecule has 110 valence electrons. The van der Waals surface area contributed by atoms with Crippen LogP contribution in [0, 0.1) is 11.3 Å². The van der Waals surface area contributed by atoms with E-state index in [1.165, 1.54) is 0 Å². The van der Waals surface area contributed by atoms with Crippen LogP contribution in [0.3, 0.4) is 0 Å². The van der Waals surface area contributed by atoms with Crippen molar-refractivity contribution in [3.05, 3.63) is 24.3 Å². The third kappa shape index (κ3) is 3.24. The van der Waals surface area contributed by atoms with Crippen molar-refractivity contribution < 1.29 is 19.4 Å². The monoisotopic (exact) mass is 278 g/mol. The van der Waals surface area contributed by atoms with Crippen molar-refractivity contribution in [1.29, 1.82) is 0 Å². The molecule has 0 bridgehead atoms. The van der Waals surface area contributed by atoms with Gasteiger partial charge in [-0.1, -0.05) is 6.92 Å². The van der Waals surface area contributed by atoms with E-state index in [1.54, 1.807) is 7.11 Å². The van der Waals surface area contributed by atoms with Crippen molar-refractivity contribution in [3.8, 4) is 11.5 Å². The first kappa shape index (κ1) is 14.7. The van der Waals surface area contributed by atoms with Gasteiger partial charge in [-0.05, 0) is 55.9 Å². The number of ether oxygens (including phenoxy) is 2. The standard InChI is InChI=1S/C16H22O4/c1-12-7-8-16(11-12,15(17)18)9-10-20-14-5-3-13(19-2)4-6-14/h3-6,12H,7-11H2,1-2H3,(H,17,18). The van der Waals surface area contributed by atoms with E-state index in [0.29, 0.717) is 18.9 Å². The number of hydrogen-bond donors (Lipinski definition) is 1. The van der Waals surface area contributed by atoms with Gasteiger partial charge in [0.2, 0.25) is 0 Å². The van der Waals surface area contributed by atoms with E-state index in [9.17, 15) is 9.90 Å². The minimum Gasteiger partial charge on any atom is -0.497 e. The zero-order chi connectivity index (χ0) is 14.6. The molecule has 1 fully saturated rings. The summed E-state index contributed by atoms with van der Waals surface area (Å²) < 4.78 is 10.7. The molecule has 0 heterocycles. The molecule has 20 heavy (non-hydrogen) atoms. The van der Waals surface area contributed by atoms with Crippen LogP contribution in [0.15, 0.2) is 24.3 Å². The Morgan fingerprint density at radius 3 is 2.50 bits per heavy atom. The SMILES string of the molecule is COc1ccc(OCCC2(C(=O)O)CCC(C)C2)cc1. The maximum Gasteiger partial charge on any atom is 0.309 e. The third-order valence-corrected chi connectivity index (χ3v) is 4.22. The van der Waals surface area contributed by atoms with Crippen LogP contribution in [0.2, 0.25) is 0 Å². The van der Waals surface area contributed by atoms with Gasteiger partial charge in [0, 0.05) is 0 Å². The van der Waals surface area contributed by atoms with Crippen LogP contribution in [-0.4, -0.2) is 24.8 Å². The van der Waals surface area contributed by atoms with Crippen molar-refractivity contribution in [2.75, 3.05) is 13.7 Å². The van der Waals surface area contributed by atoms with Crippen LogP contribution in [0.25, 0.3) is 0 Å². The Hall–Kier alpha value is -1.71. The molecule has 4 heteroatoms. The van der Waals surface area contributed by atoms with E-state index >= 15 is 0 Å². The molecule has 1 aromatic rings. The number of carbonyl (C=O) groups is 1. The van der Waals surface area contributed by atoms with Gasteiger partial charge in [0.15, 0.2) is 0 Å². The van der Waals surface area contributed by atoms with E-state index in [4.69, 9.17) is 9.47 Å². The van der Waals surface area contributed by atoms with E-state index in [2.05, 4.69) is 6.92 Å². The molecule has 1 aliphatic rings. The Balaban J connectivity index is 1.88. The Morgan fingerprint density at radius 2 is 2.00 bits per heavy atom. The number of aliphatic carboxylic acids is 1. The highest BCUT2D eigenvalue weighted by Crippen LogP contribution is 2.44. The van der Waals surface area contributed by atoms with Crippen LogP contribution in [0.1, 0.15) is 32.6 Å². The number of carboxylic acids is 1. The summed E-state index contributed by atoms with van der Waals surface area (Å²) in [4.78, 5) is 11.5. The summed E-state index contributed by atoms with van der Waals surface area (Å²) in [6, 6.07) is 7.34. The predicted molar refractivity (Wildman–Crippen MR) is 76.2 cm³/mol. The van der Waals surface area contributed by atoms with Crippen LogP contribution in [0.4, 0.5) is 0 Å². The average Bonchev–Trinajstić information content (AvgIpc) is 2.82. The molecule has 1 aromatic carbocycles. The van der Waals surface area contributed by atoms with Gasteiger partial charge in [-0.2, -0.15) is 0 Å². The van der Waals surface area contributed by atoms with Gasteiger partial charge in [-0.25, -0.2) is 0 Å². The second-order valence-electron chi connectivity index (χ2n) is 5.71. The molecule has 0 aliphatic heterocycles. The molecule has 2 rings (SSSR count). The van der Waals surface area contributed by atoms with Gasteiger partial charge in [-0.3, -0.25) is 4.79 Å². The first-order chi connectivity index (χ1) is 9.55. The lowest BCUT2D eigenvalue weighted by atomic mass is 9.82. The maximum absolute atomic E-state index is 11.5. The molecule has 0 spiro atoms. The normalized spacial score (nSPS) is 25.4. The second-order valence-corrected chi connectivity index (χ2v) is 5.71. The molecule has 2 atom stereocenters. The lowest BCUT2D eigenvalue weighted by molar-refractivity contribution is -0.149. The zero-order valence-corrected chi connectivity index (χ0v) is 12.1. The second kappa shape index (κ2) is 6.16. The van der Waals surface area contributed by atoms with Crippen molar-refractivity contribution >= 4 is 5.97 Å². The molecular weight excluding hydrogens is 256 g/mol. The highest BCUT2D eigenvalue weighted by molar-refractivity contribution is 5.75. The van der Waals surface area contributed by atoms with E-state index < -0.39 is 11.4 Å². The summed E-state index contributed by atoms with van der Waals surface area (Å²) in [7, 11) is 1.62. The molecule has 1 aliphatic carbocycles. The summed E-state index contributed by atoms with van der Waals surface area (Å²) in [5.74, 6) is 1.34. The van der Waals surface area contributed by atoms with Gasteiger partial charge in [-0.15, -0.1) is 0 Å². The average molecular weight is 278 g/mol. The van der Waals surface area contributed by atoms with Crippen LogP contribution in [0.5, 0.6) is 11.5 Å². The molecule has 0 amide bonds. The fourth-order valence-corrected chi connectivity index (χ4v) is 2.96. The molecule has 1 saturated carbocycles. The molecule has 1 N–H and O–H groups in total. The van der Waals surface area contributed by atoms with Crippen molar-refractivity contribution in [2.24, 2.45) is 11.3 Å². The molecule has 0 saturated heterocycles. The molecule has 0 aromatic heterocycles. The number of rotatable bonds is 6. The number of hydrogen-bond acceptors (Lipinski definition) is 3. The summed E-state index contributed by atoms with van der Waals surface area (Å²) in [5, 5.41) is 9.47. The number of benzene rings is 1. The van der Waals surface area contributed by atoms with Gasteiger partial charge in [0.05, 0.1) is 19.1 Å². The Morgan fingerprint density at radius 1 is 1.35 bits per heavy atom. The minimum absolute atomic E-state index is 0.436. The van der Waals surface area contributed by atoms with Crippen molar-refractivity contribution in [1.82, 2.24) is 0 Å². The van der Waals surface area contributed by atoms with Crippen molar-refractivity contribution in [2.45, 2.75) is 32.6 Å². The maximum atomic E-state index is 11.5. The van der Waals surface area contributed by atoms with Gasteiger partial charge in [0.1, 0.15) is 11.5 Å². The Labute approximate surface area is 119 Å². The first-order valence-corrected chi connectivity index (χ1v) is 7.06. The van der Waals surface area contributed by atoms with Gasteiger partial charge >= 0.3 is 5.97 Å². The molecular formula is C16H22O4. The van der Waals surface area contributed by atoms with E-state index in [-0.39, 0.29) is 0 Å². The predicted octanol–water partition coefficient (Wildman–Crippen LogP) is 3.36. The highest BCUT2D eigenvalue weighted by Gasteiger charge is 2.43. The minimum atomic E-state index is -0.680. The topological polar surface area (TPSA) is 55.8 Å². The summed E-state index contributed by atoms with van der Waals surface area (Å²) >= 11 is 0. The van der Waals surface area contributed by atoms with Crippen LogP contribution in [-0.2, 0) is 4.79 Å². The summed E-state index contributed by atoms with van der Waals surface area (Å²) in [6.07, 6.45) is 3.08. The van der Waals surface area contributed by atoms with Gasteiger partial charge in [0.25, 0.3) is 0 Å². The third-order valence-electron chi connectivity index (χ3n) is 4.22.